The minimum absolute atomic E-state index is 0.356. The lowest BCUT2D eigenvalue weighted by atomic mass is 10.1. The number of fused-ring (bicyclic) bond motifs is 1. The van der Waals surface area contributed by atoms with E-state index in [-0.39, 0.29) is 6.04 Å². The normalized spacial score (nSPS) is 19.6. The lowest BCUT2D eigenvalue weighted by Gasteiger charge is -2.21. The topological polar surface area (TPSA) is 53.4 Å². The first-order valence-corrected chi connectivity index (χ1v) is 7.45. The summed E-state index contributed by atoms with van der Waals surface area (Å²) in [5.74, 6) is -0.720. The summed E-state index contributed by atoms with van der Waals surface area (Å²) >= 11 is 3.51. The molecular formula is C15H15BrN2O2. The number of hydrogen-bond acceptors (Lipinski definition) is 3. The second-order valence-electron chi connectivity index (χ2n) is 5.07. The number of pyridine rings is 1. The number of carboxylic acid groups (broad SMARTS) is 1. The molecule has 0 bridgehead atoms. The highest BCUT2D eigenvalue weighted by Crippen LogP contribution is 2.27. The second-order valence-corrected chi connectivity index (χ2v) is 5.93. The molecule has 1 atom stereocenters. The fourth-order valence-corrected chi connectivity index (χ4v) is 3.32. The Bertz CT molecular complexity index is 659. The van der Waals surface area contributed by atoms with Gasteiger partial charge in [-0.3, -0.25) is 14.7 Å². The van der Waals surface area contributed by atoms with E-state index in [4.69, 9.17) is 0 Å². The molecular weight excluding hydrogens is 320 g/mol. The molecule has 2 aromatic rings. The summed E-state index contributed by atoms with van der Waals surface area (Å²) in [7, 11) is 0. The van der Waals surface area contributed by atoms with Crippen LogP contribution in [0.4, 0.5) is 0 Å². The fourth-order valence-electron chi connectivity index (χ4n) is 2.85. The zero-order chi connectivity index (χ0) is 14.1. The molecule has 1 saturated heterocycles. The molecule has 0 saturated carbocycles. The van der Waals surface area contributed by atoms with E-state index < -0.39 is 5.97 Å². The number of likely N-dealkylation sites (tertiary alicyclic amines) is 1. The van der Waals surface area contributed by atoms with Crippen LogP contribution in [0.5, 0.6) is 0 Å². The van der Waals surface area contributed by atoms with E-state index in [9.17, 15) is 9.90 Å². The third-order valence-electron chi connectivity index (χ3n) is 3.83. The average Bonchev–Trinajstić information content (AvgIpc) is 2.88. The Morgan fingerprint density at radius 2 is 2.30 bits per heavy atom. The minimum atomic E-state index is -0.720. The molecule has 1 aliphatic rings. The highest BCUT2D eigenvalue weighted by molar-refractivity contribution is 9.10. The van der Waals surface area contributed by atoms with Gasteiger partial charge < -0.3 is 5.11 Å². The number of carbonyl (C=O) groups is 1. The second kappa shape index (κ2) is 5.50. The average molecular weight is 335 g/mol. The molecule has 1 fully saturated rings. The van der Waals surface area contributed by atoms with E-state index in [1.165, 1.54) is 0 Å². The maximum Gasteiger partial charge on any atom is 0.320 e. The SMILES string of the molecule is O=C(O)[C@@H]1CCCN1Cc1ccnc2c(Br)cccc12. The van der Waals surface area contributed by atoms with Crippen LogP contribution < -0.4 is 0 Å². The number of halogens is 1. The van der Waals surface area contributed by atoms with Crippen LogP contribution in [-0.2, 0) is 11.3 Å². The predicted octanol–water partition coefficient (Wildman–Crippen LogP) is 3.05. The van der Waals surface area contributed by atoms with Crippen molar-refractivity contribution in [1.29, 1.82) is 0 Å². The molecule has 104 valence electrons. The first kappa shape index (κ1) is 13.5. The number of hydrogen-bond donors (Lipinski definition) is 1. The van der Waals surface area contributed by atoms with Gasteiger partial charge in [0, 0.05) is 22.6 Å². The Balaban J connectivity index is 1.95. The summed E-state index contributed by atoms with van der Waals surface area (Å²) in [6.07, 6.45) is 3.47. The van der Waals surface area contributed by atoms with Crippen molar-refractivity contribution in [3.05, 3.63) is 40.5 Å². The minimum Gasteiger partial charge on any atom is -0.480 e. The Morgan fingerprint density at radius 1 is 1.45 bits per heavy atom. The molecule has 5 heteroatoms. The van der Waals surface area contributed by atoms with Crippen molar-refractivity contribution in [3.8, 4) is 0 Å². The van der Waals surface area contributed by atoms with Crippen LogP contribution in [0.2, 0.25) is 0 Å². The summed E-state index contributed by atoms with van der Waals surface area (Å²) < 4.78 is 0.966. The molecule has 0 aliphatic carbocycles. The third-order valence-corrected chi connectivity index (χ3v) is 4.47. The molecule has 1 aromatic heterocycles. The maximum atomic E-state index is 11.3. The van der Waals surface area contributed by atoms with Crippen molar-refractivity contribution < 1.29 is 9.90 Å². The number of nitrogens with zero attached hydrogens (tertiary/aromatic N) is 2. The van der Waals surface area contributed by atoms with Crippen molar-refractivity contribution in [2.24, 2.45) is 0 Å². The molecule has 0 unspecified atom stereocenters. The van der Waals surface area contributed by atoms with Crippen molar-refractivity contribution in [3.63, 3.8) is 0 Å². The van der Waals surface area contributed by atoms with Gasteiger partial charge in [0.25, 0.3) is 0 Å². The van der Waals surface area contributed by atoms with Gasteiger partial charge in [0.1, 0.15) is 6.04 Å². The molecule has 0 radical (unpaired) electrons. The highest BCUT2D eigenvalue weighted by Gasteiger charge is 2.30. The Morgan fingerprint density at radius 3 is 3.10 bits per heavy atom. The summed E-state index contributed by atoms with van der Waals surface area (Å²) in [5, 5.41) is 10.3. The first-order valence-electron chi connectivity index (χ1n) is 6.66. The third kappa shape index (κ3) is 2.43. The van der Waals surface area contributed by atoms with Gasteiger partial charge in [-0.2, -0.15) is 0 Å². The van der Waals surface area contributed by atoms with Crippen LogP contribution in [0.3, 0.4) is 0 Å². The summed E-state index contributed by atoms with van der Waals surface area (Å²) in [4.78, 5) is 17.7. The number of aromatic nitrogens is 1. The molecule has 0 amide bonds. The highest BCUT2D eigenvalue weighted by atomic mass is 79.9. The van der Waals surface area contributed by atoms with Gasteiger partial charge in [-0.05, 0) is 53.0 Å². The van der Waals surface area contributed by atoms with Crippen LogP contribution >= 0.6 is 15.9 Å². The van der Waals surface area contributed by atoms with E-state index in [0.717, 1.165) is 40.3 Å². The lowest BCUT2D eigenvalue weighted by Crippen LogP contribution is -2.35. The molecule has 2 heterocycles. The standard InChI is InChI=1S/C15H15BrN2O2/c16-12-4-1-3-11-10(6-7-17-14(11)12)9-18-8-2-5-13(18)15(19)20/h1,3-4,6-7,13H,2,5,8-9H2,(H,19,20)/t13-/m0/s1. The van der Waals surface area contributed by atoms with Crippen molar-refractivity contribution >= 4 is 32.8 Å². The van der Waals surface area contributed by atoms with Crippen LogP contribution in [-0.4, -0.2) is 33.5 Å². The fraction of sp³-hybridized carbons (Fsp3) is 0.333. The van der Waals surface area contributed by atoms with Crippen molar-refractivity contribution in [2.45, 2.75) is 25.4 Å². The van der Waals surface area contributed by atoms with E-state index in [0.29, 0.717) is 6.54 Å². The lowest BCUT2D eigenvalue weighted by molar-refractivity contribution is -0.142. The molecule has 1 aromatic carbocycles. The van der Waals surface area contributed by atoms with Crippen molar-refractivity contribution in [1.82, 2.24) is 9.88 Å². The van der Waals surface area contributed by atoms with Crippen molar-refractivity contribution in [2.75, 3.05) is 6.54 Å². The number of aliphatic carboxylic acids is 1. The zero-order valence-corrected chi connectivity index (χ0v) is 12.5. The van der Waals surface area contributed by atoms with Crippen LogP contribution in [0.25, 0.3) is 10.9 Å². The number of carboxylic acids is 1. The maximum absolute atomic E-state index is 11.3. The van der Waals surface area contributed by atoms with E-state index in [1.54, 1.807) is 6.20 Å². The first-order chi connectivity index (χ1) is 9.66. The quantitative estimate of drug-likeness (QED) is 0.937. The van der Waals surface area contributed by atoms with Gasteiger partial charge in [-0.15, -0.1) is 0 Å². The van der Waals surface area contributed by atoms with E-state index in [2.05, 4.69) is 20.9 Å². The van der Waals surface area contributed by atoms with E-state index in [1.807, 2.05) is 29.2 Å². The summed E-state index contributed by atoms with van der Waals surface area (Å²) in [6.45, 7) is 1.50. The monoisotopic (exact) mass is 334 g/mol. The summed E-state index contributed by atoms with van der Waals surface area (Å²) in [5.41, 5.74) is 2.06. The smallest absolute Gasteiger partial charge is 0.320 e. The summed E-state index contributed by atoms with van der Waals surface area (Å²) in [6, 6.07) is 7.61. The van der Waals surface area contributed by atoms with Gasteiger partial charge in [-0.25, -0.2) is 0 Å². The molecule has 0 spiro atoms. The van der Waals surface area contributed by atoms with Gasteiger partial charge in [0.2, 0.25) is 0 Å². The predicted molar refractivity (Wildman–Crippen MR) is 80.5 cm³/mol. The van der Waals surface area contributed by atoms with Crippen LogP contribution in [0.15, 0.2) is 34.9 Å². The van der Waals surface area contributed by atoms with Gasteiger partial charge in [0.05, 0.1) is 5.52 Å². The largest absolute Gasteiger partial charge is 0.480 e. The molecule has 3 rings (SSSR count). The van der Waals surface area contributed by atoms with Gasteiger partial charge in [-0.1, -0.05) is 12.1 Å². The number of benzene rings is 1. The van der Waals surface area contributed by atoms with Crippen LogP contribution in [0, 0.1) is 0 Å². The molecule has 20 heavy (non-hydrogen) atoms. The van der Waals surface area contributed by atoms with Crippen LogP contribution in [0.1, 0.15) is 18.4 Å². The Hall–Kier alpha value is -1.46. The Kier molecular flexibility index (Phi) is 3.72. The molecule has 1 N–H and O–H groups in total. The Labute approximate surface area is 125 Å². The zero-order valence-electron chi connectivity index (χ0n) is 10.9. The van der Waals surface area contributed by atoms with E-state index >= 15 is 0 Å². The van der Waals surface area contributed by atoms with Gasteiger partial charge >= 0.3 is 5.97 Å². The van der Waals surface area contributed by atoms with Gasteiger partial charge in [0.15, 0.2) is 0 Å². The number of para-hydroxylation sites is 1. The molecule has 1 aliphatic heterocycles. The number of rotatable bonds is 3. The molecule has 4 nitrogen and oxygen atoms in total.